The number of hydrogen-bond donors (Lipinski definition) is 3. The Morgan fingerprint density at radius 1 is 1.15 bits per heavy atom. The van der Waals surface area contributed by atoms with Gasteiger partial charge in [0.2, 0.25) is 5.91 Å². The first-order valence-corrected chi connectivity index (χ1v) is 9.59. The average Bonchev–Trinajstić information content (AvgIpc) is 3.41. The fraction of sp³-hybridized carbons (Fsp3) is 0.211. The molecule has 0 bridgehead atoms. The van der Waals surface area contributed by atoms with E-state index in [1.54, 1.807) is 22.4 Å². The molecule has 5 rings (SSSR count). The maximum atomic E-state index is 12.2. The molecule has 4 heterocycles. The van der Waals surface area contributed by atoms with Gasteiger partial charge in [0.05, 0.1) is 10.6 Å². The number of H-pyrrole nitrogens is 1. The molecule has 7 nitrogen and oxygen atoms in total. The molecule has 1 saturated heterocycles. The number of anilines is 2. The summed E-state index contributed by atoms with van der Waals surface area (Å²) in [5.74, 6) is -0.0170. The highest BCUT2D eigenvalue weighted by molar-refractivity contribution is 7.15. The maximum absolute atomic E-state index is 12.2. The van der Waals surface area contributed by atoms with Crippen LogP contribution in [0, 0.1) is 0 Å². The van der Waals surface area contributed by atoms with Crippen LogP contribution in [0.2, 0.25) is 0 Å². The number of amides is 3. The van der Waals surface area contributed by atoms with E-state index in [1.165, 1.54) is 0 Å². The Morgan fingerprint density at radius 3 is 2.85 bits per heavy atom. The van der Waals surface area contributed by atoms with Crippen molar-refractivity contribution in [3.63, 3.8) is 0 Å². The normalized spacial score (nSPS) is 19.0. The van der Waals surface area contributed by atoms with E-state index in [2.05, 4.69) is 33.0 Å². The van der Waals surface area contributed by atoms with Crippen molar-refractivity contribution in [2.45, 2.75) is 12.3 Å². The summed E-state index contributed by atoms with van der Waals surface area (Å²) in [6, 6.07) is 11.8. The van der Waals surface area contributed by atoms with E-state index in [-0.39, 0.29) is 17.9 Å². The summed E-state index contributed by atoms with van der Waals surface area (Å²) >= 11 is 1.66. The Labute approximate surface area is 159 Å². The van der Waals surface area contributed by atoms with E-state index < -0.39 is 0 Å². The van der Waals surface area contributed by atoms with Crippen LogP contribution in [-0.4, -0.2) is 35.2 Å². The van der Waals surface area contributed by atoms with Crippen LogP contribution in [0.3, 0.4) is 0 Å². The summed E-state index contributed by atoms with van der Waals surface area (Å²) in [6.45, 7) is 1.30. The van der Waals surface area contributed by atoms with Crippen LogP contribution < -0.4 is 15.5 Å². The SMILES string of the molecule is O=C1CC(c2ccc(-c3ccn[nH]3)s2)c2cc(N3CCNC3=O)ccc2N1. The molecule has 27 heavy (non-hydrogen) atoms. The van der Waals surface area contributed by atoms with E-state index in [0.717, 1.165) is 32.4 Å². The van der Waals surface area contributed by atoms with Crippen LogP contribution in [0.5, 0.6) is 0 Å². The van der Waals surface area contributed by atoms with Gasteiger partial charge < -0.3 is 10.6 Å². The Kier molecular flexibility index (Phi) is 3.71. The fourth-order valence-corrected chi connectivity index (χ4v) is 4.77. The van der Waals surface area contributed by atoms with Gasteiger partial charge in [-0.05, 0) is 42.0 Å². The molecule has 2 aliphatic heterocycles. The van der Waals surface area contributed by atoms with Crippen molar-refractivity contribution in [3.05, 3.63) is 53.0 Å². The van der Waals surface area contributed by atoms with Crippen molar-refractivity contribution in [2.24, 2.45) is 0 Å². The second-order valence-electron chi connectivity index (χ2n) is 6.63. The second kappa shape index (κ2) is 6.24. The zero-order chi connectivity index (χ0) is 18.4. The number of hydrogen-bond acceptors (Lipinski definition) is 4. The minimum Gasteiger partial charge on any atom is -0.336 e. The Morgan fingerprint density at radius 2 is 2.07 bits per heavy atom. The lowest BCUT2D eigenvalue weighted by molar-refractivity contribution is -0.116. The van der Waals surface area contributed by atoms with E-state index in [0.29, 0.717) is 19.5 Å². The molecule has 8 heteroatoms. The summed E-state index contributed by atoms with van der Waals surface area (Å²) in [5, 5.41) is 12.8. The predicted octanol–water partition coefficient (Wildman–Crippen LogP) is 3.14. The van der Waals surface area contributed by atoms with Gasteiger partial charge in [0.25, 0.3) is 0 Å². The first-order valence-electron chi connectivity index (χ1n) is 8.78. The average molecular weight is 379 g/mol. The number of aromatic nitrogens is 2. The van der Waals surface area contributed by atoms with Crippen molar-refractivity contribution in [1.82, 2.24) is 15.5 Å². The minimum atomic E-state index is -0.0796. The standard InChI is InChI=1S/C19H17N5O2S/c25-18-10-13(16-3-4-17(27-16)15-5-6-21-23-15)12-9-11(1-2-14(12)22-18)24-8-7-20-19(24)26/h1-6,9,13H,7-8,10H2,(H,20,26)(H,21,23)(H,22,25). The molecular formula is C19H17N5O2S. The van der Waals surface area contributed by atoms with Crippen LogP contribution in [-0.2, 0) is 4.79 Å². The topological polar surface area (TPSA) is 90.1 Å². The third kappa shape index (κ3) is 2.78. The van der Waals surface area contributed by atoms with Crippen molar-refractivity contribution in [1.29, 1.82) is 0 Å². The molecule has 0 spiro atoms. The highest BCUT2D eigenvalue weighted by Gasteiger charge is 2.30. The van der Waals surface area contributed by atoms with Gasteiger partial charge in [0, 0.05) is 47.9 Å². The smallest absolute Gasteiger partial charge is 0.321 e. The van der Waals surface area contributed by atoms with Crippen LogP contribution in [0.4, 0.5) is 16.2 Å². The number of carbonyl (C=O) groups excluding carboxylic acids is 2. The molecule has 2 aliphatic rings. The Hall–Kier alpha value is -3.13. The molecule has 0 aliphatic carbocycles. The van der Waals surface area contributed by atoms with Gasteiger partial charge >= 0.3 is 6.03 Å². The third-order valence-electron chi connectivity index (χ3n) is 4.98. The zero-order valence-electron chi connectivity index (χ0n) is 14.4. The lowest BCUT2D eigenvalue weighted by atomic mass is 9.89. The Balaban J connectivity index is 1.54. The predicted molar refractivity (Wildman–Crippen MR) is 104 cm³/mol. The van der Waals surface area contributed by atoms with Gasteiger partial charge in [0.1, 0.15) is 0 Å². The number of carbonyl (C=O) groups is 2. The molecule has 1 fully saturated rings. The van der Waals surface area contributed by atoms with Gasteiger partial charge in [-0.3, -0.25) is 14.8 Å². The second-order valence-corrected chi connectivity index (χ2v) is 7.75. The molecule has 136 valence electrons. The molecule has 1 unspecified atom stereocenters. The summed E-state index contributed by atoms with van der Waals surface area (Å²) in [5.41, 5.74) is 3.69. The monoisotopic (exact) mass is 379 g/mol. The highest BCUT2D eigenvalue weighted by atomic mass is 32.1. The van der Waals surface area contributed by atoms with Gasteiger partial charge in [-0.2, -0.15) is 5.10 Å². The van der Waals surface area contributed by atoms with E-state index >= 15 is 0 Å². The van der Waals surface area contributed by atoms with Crippen molar-refractivity contribution >= 4 is 34.6 Å². The van der Waals surface area contributed by atoms with Crippen molar-refractivity contribution in [2.75, 3.05) is 23.3 Å². The van der Waals surface area contributed by atoms with Gasteiger partial charge in [-0.15, -0.1) is 11.3 Å². The molecule has 0 saturated carbocycles. The molecular weight excluding hydrogens is 362 g/mol. The van der Waals surface area contributed by atoms with Crippen LogP contribution >= 0.6 is 11.3 Å². The van der Waals surface area contributed by atoms with Crippen LogP contribution in [0.25, 0.3) is 10.6 Å². The molecule has 0 radical (unpaired) electrons. The summed E-state index contributed by atoms with van der Waals surface area (Å²) < 4.78 is 0. The van der Waals surface area contributed by atoms with Gasteiger partial charge in [0.15, 0.2) is 0 Å². The molecule has 1 aromatic carbocycles. The third-order valence-corrected chi connectivity index (χ3v) is 6.21. The van der Waals surface area contributed by atoms with Crippen LogP contribution in [0.1, 0.15) is 22.8 Å². The van der Waals surface area contributed by atoms with Gasteiger partial charge in [-0.1, -0.05) is 0 Å². The Bertz CT molecular complexity index is 1030. The lowest BCUT2D eigenvalue weighted by Crippen LogP contribution is -2.28. The molecule has 2 aromatic heterocycles. The maximum Gasteiger partial charge on any atom is 0.321 e. The lowest BCUT2D eigenvalue weighted by Gasteiger charge is -2.27. The number of benzene rings is 1. The molecule has 3 aromatic rings. The summed E-state index contributed by atoms with van der Waals surface area (Å²) in [6.07, 6.45) is 2.12. The van der Waals surface area contributed by atoms with E-state index in [4.69, 9.17) is 0 Å². The largest absolute Gasteiger partial charge is 0.336 e. The fourth-order valence-electron chi connectivity index (χ4n) is 3.67. The van der Waals surface area contributed by atoms with Gasteiger partial charge in [-0.25, -0.2) is 4.79 Å². The summed E-state index contributed by atoms with van der Waals surface area (Å²) in [7, 11) is 0. The van der Waals surface area contributed by atoms with Crippen LogP contribution in [0.15, 0.2) is 42.6 Å². The number of fused-ring (bicyclic) bond motifs is 1. The number of urea groups is 1. The zero-order valence-corrected chi connectivity index (χ0v) is 15.2. The molecule has 1 atom stereocenters. The van der Waals surface area contributed by atoms with E-state index in [1.807, 2.05) is 24.3 Å². The highest BCUT2D eigenvalue weighted by Crippen LogP contribution is 2.43. The number of nitrogens with zero attached hydrogens (tertiary/aromatic N) is 2. The quantitative estimate of drug-likeness (QED) is 0.653. The molecule has 3 amide bonds. The molecule has 3 N–H and O–H groups in total. The number of rotatable bonds is 3. The first kappa shape index (κ1) is 16.1. The first-order chi connectivity index (χ1) is 13.2. The number of nitrogens with one attached hydrogen (secondary N) is 3. The van der Waals surface area contributed by atoms with E-state index in [9.17, 15) is 9.59 Å². The summed E-state index contributed by atoms with van der Waals surface area (Å²) in [4.78, 5) is 28.2. The minimum absolute atomic E-state index is 0.00987. The van der Waals surface area contributed by atoms with Crippen molar-refractivity contribution in [3.8, 4) is 10.6 Å². The number of aromatic amines is 1. The van der Waals surface area contributed by atoms with Crippen molar-refractivity contribution < 1.29 is 9.59 Å². The number of thiophene rings is 1.